The maximum Gasteiger partial charge on any atom is 0.547 e. The number of benzene rings is 2. The van der Waals surface area contributed by atoms with E-state index in [-0.39, 0.29) is 48.2 Å². The molecule has 1 amide bonds. The highest BCUT2D eigenvalue weighted by atomic mass is 16.5. The SMILES string of the molecule is NCCOc1ccc(CC(=O)NC2Cc3cccc(C(=O)O)c3OB2O)cc1O. The van der Waals surface area contributed by atoms with Gasteiger partial charge in [0.1, 0.15) is 12.4 Å². The van der Waals surface area contributed by atoms with E-state index in [0.717, 1.165) is 0 Å². The van der Waals surface area contributed by atoms with Crippen LogP contribution in [0.5, 0.6) is 17.2 Å². The fraction of sp³-hybridized carbons (Fsp3) is 0.263. The minimum Gasteiger partial charge on any atom is -0.534 e. The first-order chi connectivity index (χ1) is 13.9. The molecule has 1 atom stereocenters. The van der Waals surface area contributed by atoms with Gasteiger partial charge in [-0.05, 0) is 35.7 Å². The van der Waals surface area contributed by atoms with E-state index in [4.69, 9.17) is 15.1 Å². The largest absolute Gasteiger partial charge is 0.547 e. The van der Waals surface area contributed by atoms with Crippen LogP contribution in [0.3, 0.4) is 0 Å². The lowest BCUT2D eigenvalue weighted by atomic mass is 9.72. The topological polar surface area (TPSA) is 151 Å². The minimum absolute atomic E-state index is 0.0318. The summed E-state index contributed by atoms with van der Waals surface area (Å²) in [6, 6.07) is 9.28. The van der Waals surface area contributed by atoms with Crippen molar-refractivity contribution in [1.82, 2.24) is 5.32 Å². The second kappa shape index (κ2) is 8.85. The summed E-state index contributed by atoms with van der Waals surface area (Å²) in [6.45, 7) is 0.574. The predicted molar refractivity (Wildman–Crippen MR) is 104 cm³/mol. The second-order valence-corrected chi connectivity index (χ2v) is 6.60. The van der Waals surface area contributed by atoms with Crippen molar-refractivity contribution in [3.05, 3.63) is 53.1 Å². The zero-order valence-electron chi connectivity index (χ0n) is 15.5. The number of carbonyl (C=O) groups excluding carboxylic acids is 1. The van der Waals surface area contributed by atoms with Gasteiger partial charge in [0, 0.05) is 6.54 Å². The zero-order valence-corrected chi connectivity index (χ0v) is 15.5. The number of rotatable bonds is 7. The smallest absolute Gasteiger partial charge is 0.534 e. The molecule has 29 heavy (non-hydrogen) atoms. The number of phenolic OH excluding ortho intramolecular Hbond substituents is 1. The third-order valence-corrected chi connectivity index (χ3v) is 4.46. The second-order valence-electron chi connectivity index (χ2n) is 6.60. The van der Waals surface area contributed by atoms with Gasteiger partial charge >= 0.3 is 13.1 Å². The summed E-state index contributed by atoms with van der Waals surface area (Å²) in [5, 5.41) is 32.1. The normalized spacial score (nSPS) is 15.2. The Balaban J connectivity index is 1.65. The highest BCUT2D eigenvalue weighted by Crippen LogP contribution is 2.30. The summed E-state index contributed by atoms with van der Waals surface area (Å²) in [4.78, 5) is 23.7. The monoisotopic (exact) mass is 400 g/mol. The van der Waals surface area contributed by atoms with Gasteiger partial charge in [-0.2, -0.15) is 0 Å². The number of phenols is 1. The van der Waals surface area contributed by atoms with Crippen LogP contribution in [0.2, 0.25) is 0 Å². The van der Waals surface area contributed by atoms with E-state index >= 15 is 0 Å². The highest BCUT2D eigenvalue weighted by molar-refractivity contribution is 6.47. The quantitative estimate of drug-likeness (QED) is 0.411. The number of carbonyl (C=O) groups is 2. The Bertz CT molecular complexity index is 921. The molecule has 0 radical (unpaired) electrons. The van der Waals surface area contributed by atoms with Gasteiger partial charge in [-0.25, -0.2) is 4.79 Å². The first-order valence-electron chi connectivity index (χ1n) is 9.03. The summed E-state index contributed by atoms with van der Waals surface area (Å²) < 4.78 is 10.6. The Hall–Kier alpha value is -3.24. The Kier molecular flexibility index (Phi) is 6.25. The van der Waals surface area contributed by atoms with Crippen LogP contribution in [0.25, 0.3) is 0 Å². The van der Waals surface area contributed by atoms with E-state index < -0.39 is 19.0 Å². The van der Waals surface area contributed by atoms with Crippen molar-refractivity contribution < 1.29 is 34.2 Å². The fourth-order valence-corrected chi connectivity index (χ4v) is 3.12. The molecule has 1 aliphatic heterocycles. The number of ether oxygens (including phenoxy) is 1. The van der Waals surface area contributed by atoms with Gasteiger partial charge in [-0.15, -0.1) is 0 Å². The molecule has 3 rings (SSSR count). The summed E-state index contributed by atoms with van der Waals surface area (Å²) >= 11 is 0. The molecule has 9 nitrogen and oxygen atoms in total. The van der Waals surface area contributed by atoms with Crippen LogP contribution in [0.4, 0.5) is 0 Å². The van der Waals surface area contributed by atoms with Crippen molar-refractivity contribution in [2.24, 2.45) is 5.73 Å². The van der Waals surface area contributed by atoms with Crippen molar-refractivity contribution in [2.45, 2.75) is 18.8 Å². The lowest BCUT2D eigenvalue weighted by molar-refractivity contribution is -0.120. The van der Waals surface area contributed by atoms with E-state index in [2.05, 4.69) is 5.32 Å². The van der Waals surface area contributed by atoms with E-state index in [1.165, 1.54) is 12.1 Å². The van der Waals surface area contributed by atoms with Crippen LogP contribution in [0, 0.1) is 0 Å². The molecule has 2 aromatic rings. The van der Waals surface area contributed by atoms with Crippen LogP contribution in [0.1, 0.15) is 21.5 Å². The summed E-state index contributed by atoms with van der Waals surface area (Å²) in [5.41, 5.74) is 6.45. The van der Waals surface area contributed by atoms with Gasteiger partial charge in [0.15, 0.2) is 11.5 Å². The molecule has 6 N–H and O–H groups in total. The van der Waals surface area contributed by atoms with E-state index in [9.17, 15) is 24.8 Å². The molecule has 0 bridgehead atoms. The molecule has 10 heteroatoms. The van der Waals surface area contributed by atoms with Crippen LogP contribution in [0.15, 0.2) is 36.4 Å². The fourth-order valence-electron chi connectivity index (χ4n) is 3.12. The maximum atomic E-state index is 12.4. The molecule has 0 saturated heterocycles. The van der Waals surface area contributed by atoms with Gasteiger partial charge in [-0.3, -0.25) is 4.79 Å². The number of carboxylic acids is 1. The first kappa shape index (κ1) is 20.5. The van der Waals surface area contributed by atoms with Gasteiger partial charge in [0.2, 0.25) is 5.91 Å². The van der Waals surface area contributed by atoms with Crippen molar-refractivity contribution in [3.8, 4) is 17.2 Å². The van der Waals surface area contributed by atoms with E-state index in [1.807, 2.05) is 0 Å². The van der Waals surface area contributed by atoms with E-state index in [1.54, 1.807) is 24.3 Å². The molecule has 0 fully saturated rings. The highest BCUT2D eigenvalue weighted by Gasteiger charge is 2.37. The summed E-state index contributed by atoms with van der Waals surface area (Å²) in [6.07, 6.45) is 0.191. The van der Waals surface area contributed by atoms with Crippen molar-refractivity contribution in [2.75, 3.05) is 13.2 Å². The van der Waals surface area contributed by atoms with Crippen molar-refractivity contribution in [1.29, 1.82) is 0 Å². The molecule has 2 aromatic carbocycles. The lowest BCUT2D eigenvalue weighted by Gasteiger charge is -2.28. The lowest BCUT2D eigenvalue weighted by Crippen LogP contribution is -2.53. The van der Waals surface area contributed by atoms with Gasteiger partial charge in [0.25, 0.3) is 0 Å². The average molecular weight is 400 g/mol. The Morgan fingerprint density at radius 2 is 2.10 bits per heavy atom. The molecule has 1 aliphatic rings. The predicted octanol–water partition coefficient (Wildman–Crippen LogP) is 0.110. The van der Waals surface area contributed by atoms with Crippen LogP contribution in [-0.4, -0.2) is 53.3 Å². The van der Waals surface area contributed by atoms with Crippen LogP contribution >= 0.6 is 0 Å². The number of nitrogens with two attached hydrogens (primary N) is 1. The van der Waals surface area contributed by atoms with E-state index in [0.29, 0.717) is 17.7 Å². The van der Waals surface area contributed by atoms with Gasteiger partial charge in [0.05, 0.1) is 17.9 Å². The number of nitrogens with one attached hydrogen (secondary N) is 1. The molecule has 152 valence electrons. The summed E-state index contributed by atoms with van der Waals surface area (Å²) in [7, 11) is -1.38. The number of carboxylic acid groups (broad SMARTS) is 1. The van der Waals surface area contributed by atoms with Gasteiger partial charge < -0.3 is 35.7 Å². The summed E-state index contributed by atoms with van der Waals surface area (Å²) in [5.74, 6) is -1.99. The van der Waals surface area contributed by atoms with Crippen molar-refractivity contribution >= 4 is 19.0 Å². The molecule has 1 heterocycles. The Morgan fingerprint density at radius 3 is 2.79 bits per heavy atom. The van der Waals surface area contributed by atoms with Crippen LogP contribution < -0.4 is 20.4 Å². The maximum absolute atomic E-state index is 12.4. The molecule has 1 unspecified atom stereocenters. The Morgan fingerprint density at radius 1 is 1.31 bits per heavy atom. The first-order valence-corrected chi connectivity index (χ1v) is 9.03. The number of fused-ring (bicyclic) bond motifs is 1. The standard InChI is InChI=1S/C19H21BN2O7/c21-6-7-28-15-5-4-11(8-14(15)23)9-17(24)22-16-10-12-2-1-3-13(19(25)26)18(12)29-20(16)27/h1-5,8,16,23,27H,6-7,9-10,21H2,(H,22,24)(H,25,26). The number of hydrogen-bond donors (Lipinski definition) is 5. The third-order valence-electron chi connectivity index (χ3n) is 4.46. The van der Waals surface area contributed by atoms with Crippen molar-refractivity contribution in [3.63, 3.8) is 0 Å². The zero-order chi connectivity index (χ0) is 21.0. The molecule has 0 aliphatic carbocycles. The number of aromatic hydroxyl groups is 1. The molecular formula is C19H21BN2O7. The molecule has 0 spiro atoms. The average Bonchev–Trinajstić information content (AvgIpc) is 2.67. The number of aromatic carboxylic acids is 1. The molecular weight excluding hydrogens is 379 g/mol. The molecule has 0 saturated carbocycles. The van der Waals surface area contributed by atoms with Gasteiger partial charge in [-0.1, -0.05) is 18.2 Å². The number of amides is 1. The van der Waals surface area contributed by atoms with Crippen LogP contribution in [-0.2, 0) is 17.6 Å². The number of para-hydroxylation sites is 1. The molecule has 0 aromatic heterocycles. The third kappa shape index (κ3) is 4.79. The Labute approximate surface area is 167 Å². The minimum atomic E-state index is -1.38. The number of hydrogen-bond acceptors (Lipinski definition) is 7.